The molecule has 1 aromatic heterocycles. The fraction of sp³-hybridized carbons (Fsp3) is 0.500. The Bertz CT molecular complexity index is 1390. The highest BCUT2D eigenvalue weighted by Gasteiger charge is 2.85. The van der Waals surface area contributed by atoms with Gasteiger partial charge in [0.15, 0.2) is 5.82 Å². The lowest BCUT2D eigenvalue weighted by atomic mass is 9.68. The number of carbonyl (C=O) groups excluding carboxylic acids is 2. The van der Waals surface area contributed by atoms with Crippen molar-refractivity contribution in [2.75, 3.05) is 17.7 Å². The summed E-state index contributed by atoms with van der Waals surface area (Å²) < 4.78 is 5.85. The van der Waals surface area contributed by atoms with Crippen LogP contribution in [0.3, 0.4) is 0 Å². The van der Waals surface area contributed by atoms with E-state index in [-0.39, 0.29) is 35.7 Å². The normalized spacial score (nSPS) is 29.8. The summed E-state index contributed by atoms with van der Waals surface area (Å²) in [5, 5.41) is 10.1. The first-order valence-electron chi connectivity index (χ1n) is 13.4. The maximum absolute atomic E-state index is 12.5. The fourth-order valence-electron chi connectivity index (χ4n) is 6.95. The molecule has 0 saturated heterocycles. The van der Waals surface area contributed by atoms with Crippen molar-refractivity contribution in [1.82, 2.24) is 15.3 Å². The molecule has 11 heteroatoms. The number of nitrogens with two attached hydrogens (primary N) is 2. The molecule has 7 N–H and O–H groups in total. The van der Waals surface area contributed by atoms with Crippen LogP contribution in [0.1, 0.15) is 37.8 Å². The molecule has 6 rings (SSSR count). The van der Waals surface area contributed by atoms with Gasteiger partial charge in [-0.05, 0) is 68.6 Å². The van der Waals surface area contributed by atoms with Gasteiger partial charge in [0.05, 0.1) is 29.9 Å². The molecule has 2 amide bonds. The van der Waals surface area contributed by atoms with E-state index in [1.807, 2.05) is 6.07 Å². The summed E-state index contributed by atoms with van der Waals surface area (Å²) in [7, 11) is 1.64. The SMILES string of the molecule is COc1c(Nc2ncc(Cl)c(NC3C4C=CC5C4C53C(N)=O)n2)ccc2c1CCCC(NC(=O)C(C)(C)N)C2. The van der Waals surface area contributed by atoms with Crippen LogP contribution in [0.4, 0.5) is 17.5 Å². The third-order valence-electron chi connectivity index (χ3n) is 8.87. The predicted molar refractivity (Wildman–Crippen MR) is 149 cm³/mol. The maximum Gasteiger partial charge on any atom is 0.239 e. The molecule has 10 nitrogen and oxygen atoms in total. The van der Waals surface area contributed by atoms with Gasteiger partial charge in [-0.2, -0.15) is 4.98 Å². The van der Waals surface area contributed by atoms with Gasteiger partial charge in [-0.3, -0.25) is 9.59 Å². The summed E-state index contributed by atoms with van der Waals surface area (Å²) in [6, 6.07) is 3.86. The topological polar surface area (TPSA) is 157 Å². The number of methoxy groups -OCH3 is 1. The number of fused-ring (bicyclic) bond motifs is 2. The van der Waals surface area contributed by atoms with Gasteiger partial charge in [0, 0.05) is 18.0 Å². The molecule has 0 spiro atoms. The van der Waals surface area contributed by atoms with Crippen LogP contribution < -0.4 is 32.2 Å². The van der Waals surface area contributed by atoms with Crippen molar-refractivity contribution < 1.29 is 14.3 Å². The minimum atomic E-state index is -0.928. The van der Waals surface area contributed by atoms with Gasteiger partial charge >= 0.3 is 0 Å². The second-order valence-electron chi connectivity index (χ2n) is 11.7. The molecule has 2 aromatic rings. The van der Waals surface area contributed by atoms with E-state index in [4.69, 9.17) is 27.8 Å². The number of rotatable bonds is 8. The number of allylic oxidation sites excluding steroid dienone is 1. The lowest BCUT2D eigenvalue weighted by molar-refractivity contribution is -0.128. The number of anilines is 3. The average molecular weight is 552 g/mol. The Kier molecular flexibility index (Phi) is 6.03. The van der Waals surface area contributed by atoms with E-state index >= 15 is 0 Å². The van der Waals surface area contributed by atoms with Gasteiger partial charge in [0.1, 0.15) is 10.8 Å². The Morgan fingerprint density at radius 2 is 2.05 bits per heavy atom. The standard InChI is InChI=1S/C28H34ClN7O3/c1-27(2,31)25(38)33-14-5-4-6-15-13(11-14)7-10-19(21(15)39-3)34-26-32-12-18(29)23(36-26)35-22-16-8-9-17-20(16)28(17,22)24(30)37/h7-10,12,14,16-17,20,22H,4-6,11,31H2,1-3H3,(H2,30,37)(H,33,38)(H2,32,34,35,36). The lowest BCUT2D eigenvalue weighted by Gasteiger charge is -2.42. The molecule has 0 aliphatic heterocycles. The Labute approximate surface area is 232 Å². The number of primary amides is 1. The molecular formula is C28H34ClN7O3. The van der Waals surface area contributed by atoms with E-state index in [1.165, 1.54) is 6.20 Å². The second kappa shape index (κ2) is 9.09. The fourth-order valence-corrected chi connectivity index (χ4v) is 7.09. The van der Waals surface area contributed by atoms with E-state index in [0.29, 0.717) is 29.1 Å². The largest absolute Gasteiger partial charge is 0.494 e. The number of nitrogens with zero attached hydrogens (tertiary/aromatic N) is 2. The zero-order valence-corrected chi connectivity index (χ0v) is 23.0. The summed E-state index contributed by atoms with van der Waals surface area (Å²) in [5.74, 6) is 1.85. The Morgan fingerprint density at radius 3 is 2.74 bits per heavy atom. The Morgan fingerprint density at radius 1 is 1.26 bits per heavy atom. The van der Waals surface area contributed by atoms with Gasteiger partial charge in [-0.25, -0.2) is 4.98 Å². The minimum Gasteiger partial charge on any atom is -0.494 e. The number of benzene rings is 1. The molecule has 4 aliphatic carbocycles. The van der Waals surface area contributed by atoms with Crippen molar-refractivity contribution in [3.05, 3.63) is 46.6 Å². The summed E-state index contributed by atoms with van der Waals surface area (Å²) in [5.41, 5.74) is 13.3. The van der Waals surface area contributed by atoms with E-state index in [2.05, 4.69) is 44.1 Å². The number of carbonyl (C=O) groups is 2. The lowest BCUT2D eigenvalue weighted by Crippen LogP contribution is -2.55. The van der Waals surface area contributed by atoms with Crippen LogP contribution in [-0.2, 0) is 22.4 Å². The number of hydrogen-bond acceptors (Lipinski definition) is 8. The summed E-state index contributed by atoms with van der Waals surface area (Å²) in [4.78, 5) is 33.8. The van der Waals surface area contributed by atoms with Crippen LogP contribution >= 0.6 is 11.6 Å². The number of halogens is 1. The third-order valence-corrected chi connectivity index (χ3v) is 9.15. The van der Waals surface area contributed by atoms with Crippen LogP contribution in [0, 0.1) is 23.2 Å². The van der Waals surface area contributed by atoms with Crippen molar-refractivity contribution >= 4 is 40.9 Å². The van der Waals surface area contributed by atoms with Gasteiger partial charge < -0.3 is 32.2 Å². The molecular weight excluding hydrogens is 518 g/mol. The molecule has 39 heavy (non-hydrogen) atoms. The van der Waals surface area contributed by atoms with Crippen LogP contribution in [0.15, 0.2) is 30.5 Å². The van der Waals surface area contributed by atoms with E-state index < -0.39 is 11.0 Å². The molecule has 0 radical (unpaired) electrons. The molecule has 1 aromatic carbocycles. The number of aromatic nitrogens is 2. The Hall–Kier alpha value is -3.37. The number of hydrogen-bond donors (Lipinski definition) is 5. The smallest absolute Gasteiger partial charge is 0.239 e. The zero-order valence-electron chi connectivity index (χ0n) is 22.3. The zero-order chi connectivity index (χ0) is 27.7. The molecule has 2 saturated carbocycles. The van der Waals surface area contributed by atoms with Crippen LogP contribution in [0.25, 0.3) is 0 Å². The molecule has 206 valence electrons. The van der Waals surface area contributed by atoms with Crippen LogP contribution in [-0.4, -0.2) is 46.5 Å². The highest BCUT2D eigenvalue weighted by molar-refractivity contribution is 6.32. The molecule has 0 bridgehead atoms. The monoisotopic (exact) mass is 551 g/mol. The van der Waals surface area contributed by atoms with Gasteiger partial charge in [-0.15, -0.1) is 0 Å². The second-order valence-corrected chi connectivity index (χ2v) is 12.1. The molecule has 1 heterocycles. The summed E-state index contributed by atoms with van der Waals surface area (Å²) >= 11 is 6.45. The summed E-state index contributed by atoms with van der Waals surface area (Å²) in [6.45, 7) is 3.42. The van der Waals surface area contributed by atoms with Crippen molar-refractivity contribution in [1.29, 1.82) is 0 Å². The van der Waals surface area contributed by atoms with Gasteiger partial charge in [-0.1, -0.05) is 29.8 Å². The average Bonchev–Trinajstić information content (AvgIpc) is 3.37. The van der Waals surface area contributed by atoms with Crippen molar-refractivity contribution in [3.8, 4) is 5.75 Å². The highest BCUT2D eigenvalue weighted by atomic mass is 35.5. The maximum atomic E-state index is 12.5. The number of nitrogens with one attached hydrogen (secondary N) is 3. The first-order valence-corrected chi connectivity index (χ1v) is 13.8. The number of ether oxygens (including phenoxy) is 1. The number of amides is 2. The van der Waals surface area contributed by atoms with Crippen molar-refractivity contribution in [3.63, 3.8) is 0 Å². The van der Waals surface area contributed by atoms with Gasteiger partial charge in [0.25, 0.3) is 0 Å². The van der Waals surface area contributed by atoms with Crippen LogP contribution in [0.2, 0.25) is 5.02 Å². The van der Waals surface area contributed by atoms with E-state index in [9.17, 15) is 9.59 Å². The minimum absolute atomic E-state index is 0.00435. The molecule has 4 aliphatic rings. The predicted octanol–water partition coefficient (Wildman–Crippen LogP) is 2.68. The third kappa shape index (κ3) is 4.03. The van der Waals surface area contributed by atoms with Gasteiger partial charge in [0.2, 0.25) is 17.8 Å². The van der Waals surface area contributed by atoms with E-state index in [0.717, 1.165) is 41.8 Å². The summed E-state index contributed by atoms with van der Waals surface area (Å²) in [6.07, 6.45) is 9.05. The molecule has 2 fully saturated rings. The highest BCUT2D eigenvalue weighted by Crippen LogP contribution is 2.79. The van der Waals surface area contributed by atoms with Crippen molar-refractivity contribution in [2.24, 2.45) is 34.6 Å². The van der Waals surface area contributed by atoms with Crippen LogP contribution in [0.5, 0.6) is 5.75 Å². The molecule has 6 atom stereocenters. The first kappa shape index (κ1) is 25.9. The van der Waals surface area contributed by atoms with E-state index in [1.54, 1.807) is 21.0 Å². The van der Waals surface area contributed by atoms with Crippen molar-refractivity contribution in [2.45, 2.75) is 57.2 Å². The Balaban J connectivity index is 1.21. The molecule has 6 unspecified atom stereocenters. The first-order chi connectivity index (χ1) is 18.5. The quantitative estimate of drug-likeness (QED) is 0.247.